The van der Waals surface area contributed by atoms with Crippen molar-refractivity contribution < 1.29 is 23.6 Å². The van der Waals surface area contributed by atoms with Crippen molar-refractivity contribution in [2.45, 2.75) is 88.3 Å². The Morgan fingerprint density at radius 2 is 1.77 bits per heavy atom. The van der Waals surface area contributed by atoms with Gasteiger partial charge in [0.2, 0.25) is 5.91 Å². The van der Waals surface area contributed by atoms with Gasteiger partial charge < -0.3 is 20.2 Å². The van der Waals surface area contributed by atoms with Crippen molar-refractivity contribution in [2.24, 2.45) is 11.3 Å². The van der Waals surface area contributed by atoms with Gasteiger partial charge in [0.15, 0.2) is 6.61 Å². The van der Waals surface area contributed by atoms with Gasteiger partial charge in [-0.25, -0.2) is 4.39 Å². The Morgan fingerprint density at radius 3 is 2.40 bits per heavy atom. The molecule has 1 aromatic carbocycles. The van der Waals surface area contributed by atoms with E-state index in [-0.39, 0.29) is 46.3 Å². The molecule has 2 bridgehead atoms. The van der Waals surface area contributed by atoms with Gasteiger partial charge in [-0.2, -0.15) is 5.48 Å². The van der Waals surface area contributed by atoms with Crippen molar-refractivity contribution in [3.63, 3.8) is 0 Å². The van der Waals surface area contributed by atoms with E-state index in [0.29, 0.717) is 12.5 Å². The first-order valence-corrected chi connectivity index (χ1v) is 13.2. The predicted octanol–water partition coefficient (Wildman–Crippen LogP) is 4.04. The number of carbonyl (C=O) groups is 2. The maximum atomic E-state index is 13.8. The zero-order chi connectivity index (χ0) is 24.7. The van der Waals surface area contributed by atoms with Crippen LogP contribution in [0.4, 0.5) is 4.39 Å². The molecule has 4 aliphatic carbocycles. The van der Waals surface area contributed by atoms with E-state index in [2.05, 4.69) is 23.0 Å². The Hall–Kier alpha value is -1.90. The highest BCUT2D eigenvalue weighted by molar-refractivity contribution is 6.30. The molecule has 9 heteroatoms. The highest BCUT2D eigenvalue weighted by atomic mass is 35.5. The zero-order valence-electron chi connectivity index (χ0n) is 20.3. The lowest BCUT2D eigenvalue weighted by molar-refractivity contribution is -0.158. The Balaban J connectivity index is 1.14. The van der Waals surface area contributed by atoms with Gasteiger partial charge in [0, 0.05) is 23.2 Å². The van der Waals surface area contributed by atoms with Gasteiger partial charge in [0.1, 0.15) is 11.6 Å². The van der Waals surface area contributed by atoms with Crippen LogP contribution in [-0.2, 0) is 14.4 Å². The molecule has 35 heavy (non-hydrogen) atoms. The van der Waals surface area contributed by atoms with E-state index in [1.165, 1.54) is 31.4 Å². The average Bonchev–Trinajstić information content (AvgIpc) is 3.14. The lowest BCUT2D eigenvalue weighted by Gasteiger charge is -2.70. The minimum Gasteiger partial charge on any atom is -0.484 e. The zero-order valence-corrected chi connectivity index (χ0v) is 21.0. The number of halogens is 2. The molecular formula is C26H35ClFN3O4. The Morgan fingerprint density at radius 1 is 1.11 bits per heavy atom. The second-order valence-corrected chi connectivity index (χ2v) is 11.6. The highest BCUT2D eigenvalue weighted by Gasteiger charge is 2.70. The molecule has 1 heterocycles. The fourth-order valence-electron chi connectivity index (χ4n) is 6.86. The summed E-state index contributed by atoms with van der Waals surface area (Å²) >= 11 is 5.68. The van der Waals surface area contributed by atoms with Gasteiger partial charge in [-0.1, -0.05) is 43.7 Å². The van der Waals surface area contributed by atoms with E-state index in [0.717, 1.165) is 51.0 Å². The van der Waals surface area contributed by atoms with Crippen molar-refractivity contribution in [2.75, 3.05) is 13.2 Å². The number of hydrogen-bond donors (Lipinski definition) is 3. The number of nitrogens with one attached hydrogen (secondary N) is 3. The van der Waals surface area contributed by atoms with Crippen LogP contribution in [0.15, 0.2) is 18.2 Å². The molecule has 7 nitrogen and oxygen atoms in total. The van der Waals surface area contributed by atoms with Gasteiger partial charge in [-0.3, -0.25) is 9.59 Å². The molecule has 2 amide bonds. The first kappa shape index (κ1) is 24.8. The summed E-state index contributed by atoms with van der Waals surface area (Å²) in [7, 11) is 0. The fourth-order valence-corrected chi connectivity index (χ4v) is 6.98. The van der Waals surface area contributed by atoms with Crippen LogP contribution in [0.3, 0.4) is 0 Å². The quantitative estimate of drug-likeness (QED) is 0.518. The van der Waals surface area contributed by atoms with Crippen molar-refractivity contribution in [1.82, 2.24) is 16.1 Å². The molecule has 0 radical (unpaired) electrons. The van der Waals surface area contributed by atoms with E-state index in [1.54, 1.807) is 0 Å². The third-order valence-electron chi connectivity index (χ3n) is 8.67. The maximum absolute atomic E-state index is 13.8. The molecule has 3 N–H and O–H groups in total. The Bertz CT molecular complexity index is 964. The minimum absolute atomic E-state index is 0.00803. The predicted molar refractivity (Wildman–Crippen MR) is 129 cm³/mol. The molecule has 5 aliphatic rings. The third-order valence-corrected chi connectivity index (χ3v) is 8.98. The van der Waals surface area contributed by atoms with Crippen LogP contribution in [-0.4, -0.2) is 42.1 Å². The van der Waals surface area contributed by atoms with E-state index in [1.807, 2.05) is 0 Å². The van der Waals surface area contributed by atoms with E-state index in [4.69, 9.17) is 21.2 Å². The topological polar surface area (TPSA) is 88.7 Å². The first-order valence-electron chi connectivity index (χ1n) is 12.8. The van der Waals surface area contributed by atoms with Crippen molar-refractivity contribution >= 4 is 23.4 Å². The summed E-state index contributed by atoms with van der Waals surface area (Å²) in [5, 5.41) is 6.43. The SMILES string of the molecule is CC1NOCC1(C(=O)NC12CC(NC(=O)COc3ccc(Cl)c(F)c3)(C1)C2)C1CCCCCCC1. The van der Waals surface area contributed by atoms with Gasteiger partial charge in [-0.05, 0) is 57.1 Å². The number of amides is 2. The standard InChI is InChI=1S/C26H35ClFN3O4/c1-17-26(16-35-31-17,18-7-5-3-2-4-6-8-18)23(33)30-25-13-24(14-25,15-25)29-22(32)12-34-19-9-10-20(27)21(28)11-19/h9-11,17-18,31H,2-8,12-16H2,1H3,(H,29,32)(H,30,33). The number of ether oxygens (including phenoxy) is 1. The summed E-state index contributed by atoms with van der Waals surface area (Å²) in [6, 6.07) is 4.05. The van der Waals surface area contributed by atoms with Crippen LogP contribution < -0.4 is 20.9 Å². The summed E-state index contributed by atoms with van der Waals surface area (Å²) in [6.45, 7) is 2.26. The first-order chi connectivity index (χ1) is 16.8. The van der Waals surface area contributed by atoms with Crippen molar-refractivity contribution in [3.05, 3.63) is 29.0 Å². The van der Waals surface area contributed by atoms with Gasteiger partial charge in [0.25, 0.3) is 5.91 Å². The summed E-state index contributed by atoms with van der Waals surface area (Å²) in [5.74, 6) is -0.189. The van der Waals surface area contributed by atoms with Crippen molar-refractivity contribution in [3.8, 4) is 5.75 Å². The summed E-state index contributed by atoms with van der Waals surface area (Å²) in [6.07, 6.45) is 10.4. The van der Waals surface area contributed by atoms with E-state index < -0.39 is 11.2 Å². The van der Waals surface area contributed by atoms with Crippen LogP contribution in [0.2, 0.25) is 5.02 Å². The van der Waals surface area contributed by atoms with Crippen LogP contribution >= 0.6 is 11.6 Å². The molecule has 192 valence electrons. The fraction of sp³-hybridized carbons (Fsp3) is 0.692. The summed E-state index contributed by atoms with van der Waals surface area (Å²) in [5.41, 5.74) is 1.98. The molecular weight excluding hydrogens is 473 g/mol. The van der Waals surface area contributed by atoms with Crippen molar-refractivity contribution in [1.29, 1.82) is 0 Å². The largest absolute Gasteiger partial charge is 0.484 e. The maximum Gasteiger partial charge on any atom is 0.258 e. The summed E-state index contributed by atoms with van der Waals surface area (Å²) < 4.78 is 19.0. The van der Waals surface area contributed by atoms with Crippen LogP contribution in [0.1, 0.15) is 71.1 Å². The second-order valence-electron chi connectivity index (χ2n) is 11.2. The van der Waals surface area contributed by atoms with E-state index in [9.17, 15) is 14.0 Å². The third kappa shape index (κ3) is 4.65. The molecule has 0 spiro atoms. The molecule has 0 aromatic heterocycles. The molecule has 6 rings (SSSR count). The smallest absolute Gasteiger partial charge is 0.258 e. The monoisotopic (exact) mass is 507 g/mol. The lowest BCUT2D eigenvalue weighted by atomic mass is 9.44. The lowest BCUT2D eigenvalue weighted by Crippen LogP contribution is -2.84. The van der Waals surface area contributed by atoms with Gasteiger partial charge >= 0.3 is 0 Å². The number of hydroxylamine groups is 1. The normalized spacial score (nSPS) is 34.7. The number of carbonyl (C=O) groups excluding carboxylic acids is 2. The molecule has 4 saturated carbocycles. The van der Waals surface area contributed by atoms with Gasteiger partial charge in [-0.15, -0.1) is 0 Å². The van der Waals surface area contributed by atoms with Crippen LogP contribution in [0.5, 0.6) is 5.75 Å². The number of hydrogen-bond acceptors (Lipinski definition) is 5. The average molecular weight is 508 g/mol. The van der Waals surface area contributed by atoms with Gasteiger partial charge in [0.05, 0.1) is 17.0 Å². The number of rotatable bonds is 7. The minimum atomic E-state index is -0.587. The molecule has 1 saturated heterocycles. The number of benzene rings is 1. The van der Waals surface area contributed by atoms with Crippen LogP contribution in [0.25, 0.3) is 0 Å². The second kappa shape index (κ2) is 9.52. The molecule has 1 aliphatic heterocycles. The Labute approximate surface area is 210 Å². The molecule has 2 atom stereocenters. The van der Waals surface area contributed by atoms with Crippen LogP contribution in [0, 0.1) is 17.2 Å². The molecule has 2 unspecified atom stereocenters. The van der Waals surface area contributed by atoms with E-state index >= 15 is 0 Å². The summed E-state index contributed by atoms with van der Waals surface area (Å²) in [4.78, 5) is 31.8. The Kier molecular flexibility index (Phi) is 6.74. The molecule has 5 fully saturated rings. The highest BCUT2D eigenvalue weighted by Crippen LogP contribution is 2.61. The molecule has 1 aromatic rings.